The molecule has 0 saturated carbocycles. The number of hydrogen-bond donors (Lipinski definition) is 0. The SMILES string of the molecule is Cc1cccc([C@@H](Cn2ccnc2-c2ccco2)N(C)C)c1. The summed E-state index contributed by atoms with van der Waals surface area (Å²) in [6.07, 6.45) is 5.50. The Balaban J connectivity index is 1.91. The highest BCUT2D eigenvalue weighted by molar-refractivity contribution is 5.46. The molecule has 2 heterocycles. The topological polar surface area (TPSA) is 34.2 Å². The predicted octanol–water partition coefficient (Wildman–Crippen LogP) is 3.75. The molecule has 4 heteroatoms. The van der Waals surface area contributed by atoms with Gasteiger partial charge in [-0.3, -0.25) is 0 Å². The highest BCUT2D eigenvalue weighted by Gasteiger charge is 2.18. The fourth-order valence-electron chi connectivity index (χ4n) is 2.72. The Hall–Kier alpha value is -2.33. The van der Waals surface area contributed by atoms with Crippen LogP contribution in [0.2, 0.25) is 0 Å². The normalized spacial score (nSPS) is 12.7. The fraction of sp³-hybridized carbons (Fsp3) is 0.278. The molecule has 0 saturated heterocycles. The molecule has 0 N–H and O–H groups in total. The van der Waals surface area contributed by atoms with Crippen LogP contribution in [0.4, 0.5) is 0 Å². The van der Waals surface area contributed by atoms with Crippen LogP contribution in [0.1, 0.15) is 17.2 Å². The molecule has 0 aliphatic rings. The molecule has 0 aliphatic carbocycles. The van der Waals surface area contributed by atoms with Crippen molar-refractivity contribution in [3.63, 3.8) is 0 Å². The van der Waals surface area contributed by atoms with E-state index >= 15 is 0 Å². The van der Waals surface area contributed by atoms with Gasteiger partial charge in [-0.15, -0.1) is 0 Å². The average molecular weight is 295 g/mol. The minimum Gasteiger partial charge on any atom is -0.461 e. The summed E-state index contributed by atoms with van der Waals surface area (Å²) in [5.74, 6) is 1.66. The standard InChI is InChI=1S/C18H21N3O/c1-14-6-4-7-15(12-14)16(20(2)3)13-21-10-9-19-18(21)17-8-5-11-22-17/h4-12,16H,13H2,1-3H3/t16-/m1/s1. The van der Waals surface area contributed by atoms with Crippen molar-refractivity contribution in [2.75, 3.05) is 14.1 Å². The van der Waals surface area contributed by atoms with Gasteiger partial charge in [-0.2, -0.15) is 0 Å². The summed E-state index contributed by atoms with van der Waals surface area (Å²) in [4.78, 5) is 6.67. The van der Waals surface area contributed by atoms with Crippen LogP contribution in [-0.2, 0) is 6.54 Å². The Bertz CT molecular complexity index is 728. The molecule has 114 valence electrons. The van der Waals surface area contributed by atoms with E-state index in [0.717, 1.165) is 18.1 Å². The third kappa shape index (κ3) is 2.97. The zero-order valence-electron chi connectivity index (χ0n) is 13.2. The van der Waals surface area contributed by atoms with E-state index in [-0.39, 0.29) is 6.04 Å². The van der Waals surface area contributed by atoms with Crippen LogP contribution in [0.5, 0.6) is 0 Å². The number of aryl methyl sites for hydroxylation is 1. The maximum absolute atomic E-state index is 5.49. The highest BCUT2D eigenvalue weighted by Crippen LogP contribution is 2.25. The lowest BCUT2D eigenvalue weighted by Crippen LogP contribution is -2.24. The average Bonchev–Trinajstić information content (AvgIpc) is 3.15. The van der Waals surface area contributed by atoms with Gasteiger partial charge >= 0.3 is 0 Å². The molecule has 1 aromatic carbocycles. The smallest absolute Gasteiger partial charge is 0.176 e. The minimum atomic E-state index is 0.280. The molecular formula is C18H21N3O. The molecule has 0 aliphatic heterocycles. The van der Waals surface area contributed by atoms with Crippen molar-refractivity contribution in [3.8, 4) is 11.6 Å². The number of furan rings is 1. The summed E-state index contributed by atoms with van der Waals surface area (Å²) >= 11 is 0. The van der Waals surface area contributed by atoms with Crippen LogP contribution in [0.3, 0.4) is 0 Å². The van der Waals surface area contributed by atoms with Gasteiger partial charge in [-0.1, -0.05) is 29.8 Å². The lowest BCUT2D eigenvalue weighted by Gasteiger charge is -2.26. The second-order valence-corrected chi connectivity index (χ2v) is 5.77. The summed E-state index contributed by atoms with van der Waals surface area (Å²) in [6, 6.07) is 12.8. The number of rotatable bonds is 5. The first kappa shape index (κ1) is 14.6. The molecule has 2 aromatic heterocycles. The largest absolute Gasteiger partial charge is 0.461 e. The Morgan fingerprint density at radius 2 is 2.09 bits per heavy atom. The van der Waals surface area contributed by atoms with E-state index in [0.29, 0.717) is 0 Å². The molecule has 0 fully saturated rings. The summed E-state index contributed by atoms with van der Waals surface area (Å²) in [7, 11) is 4.22. The van der Waals surface area contributed by atoms with E-state index in [1.807, 2.05) is 24.5 Å². The Morgan fingerprint density at radius 1 is 1.23 bits per heavy atom. The number of aromatic nitrogens is 2. The van der Waals surface area contributed by atoms with Crippen LogP contribution >= 0.6 is 0 Å². The van der Waals surface area contributed by atoms with Crippen molar-refractivity contribution in [1.29, 1.82) is 0 Å². The summed E-state index contributed by atoms with van der Waals surface area (Å²) in [5, 5.41) is 0. The molecule has 3 aromatic rings. The van der Waals surface area contributed by atoms with Gasteiger partial charge in [0.15, 0.2) is 11.6 Å². The van der Waals surface area contributed by atoms with Crippen molar-refractivity contribution in [1.82, 2.24) is 14.5 Å². The number of likely N-dealkylation sites (N-methyl/N-ethyl adjacent to an activating group) is 1. The van der Waals surface area contributed by atoms with E-state index in [9.17, 15) is 0 Å². The quantitative estimate of drug-likeness (QED) is 0.719. The van der Waals surface area contributed by atoms with E-state index < -0.39 is 0 Å². The highest BCUT2D eigenvalue weighted by atomic mass is 16.3. The third-order valence-electron chi connectivity index (χ3n) is 3.88. The number of imidazole rings is 1. The Morgan fingerprint density at radius 3 is 2.77 bits per heavy atom. The fourth-order valence-corrected chi connectivity index (χ4v) is 2.72. The molecule has 3 rings (SSSR count). The zero-order chi connectivity index (χ0) is 15.5. The van der Waals surface area contributed by atoms with Gasteiger partial charge in [0.25, 0.3) is 0 Å². The van der Waals surface area contributed by atoms with Crippen LogP contribution in [0, 0.1) is 6.92 Å². The first-order valence-corrected chi connectivity index (χ1v) is 7.43. The van der Waals surface area contributed by atoms with E-state index in [2.05, 4.69) is 59.7 Å². The maximum atomic E-state index is 5.49. The van der Waals surface area contributed by atoms with E-state index in [1.54, 1.807) is 6.26 Å². The van der Waals surface area contributed by atoms with Crippen LogP contribution in [0.25, 0.3) is 11.6 Å². The van der Waals surface area contributed by atoms with Gasteiger partial charge in [0, 0.05) is 18.9 Å². The molecule has 0 radical (unpaired) electrons. The molecular weight excluding hydrogens is 274 g/mol. The molecule has 0 spiro atoms. The van der Waals surface area contributed by atoms with Crippen LogP contribution in [0.15, 0.2) is 59.5 Å². The molecule has 0 bridgehead atoms. The molecule has 4 nitrogen and oxygen atoms in total. The van der Waals surface area contributed by atoms with E-state index in [4.69, 9.17) is 4.42 Å². The molecule has 22 heavy (non-hydrogen) atoms. The summed E-state index contributed by atoms with van der Waals surface area (Å²) in [6.45, 7) is 2.95. The van der Waals surface area contributed by atoms with Crippen molar-refractivity contribution in [2.24, 2.45) is 0 Å². The first-order valence-electron chi connectivity index (χ1n) is 7.43. The van der Waals surface area contributed by atoms with Gasteiger partial charge in [0.1, 0.15) is 0 Å². The zero-order valence-corrected chi connectivity index (χ0v) is 13.2. The summed E-state index contributed by atoms with van der Waals surface area (Å²) < 4.78 is 7.63. The van der Waals surface area contributed by atoms with Gasteiger partial charge in [-0.05, 0) is 38.7 Å². The van der Waals surface area contributed by atoms with Crippen LogP contribution < -0.4 is 0 Å². The number of nitrogens with zero attached hydrogens (tertiary/aromatic N) is 3. The first-order chi connectivity index (χ1) is 10.6. The van der Waals surface area contributed by atoms with Gasteiger partial charge < -0.3 is 13.9 Å². The van der Waals surface area contributed by atoms with Crippen molar-refractivity contribution < 1.29 is 4.42 Å². The minimum absolute atomic E-state index is 0.280. The molecule has 1 atom stereocenters. The van der Waals surface area contributed by atoms with E-state index in [1.165, 1.54) is 11.1 Å². The third-order valence-corrected chi connectivity index (χ3v) is 3.88. The Kier molecular flexibility index (Phi) is 4.11. The van der Waals surface area contributed by atoms with Crippen molar-refractivity contribution >= 4 is 0 Å². The second kappa shape index (κ2) is 6.20. The summed E-state index contributed by atoms with van der Waals surface area (Å²) in [5.41, 5.74) is 2.59. The lowest BCUT2D eigenvalue weighted by molar-refractivity contribution is 0.269. The Labute approximate surface area is 131 Å². The number of benzene rings is 1. The predicted molar refractivity (Wildman–Crippen MR) is 87.5 cm³/mol. The number of hydrogen-bond acceptors (Lipinski definition) is 3. The van der Waals surface area contributed by atoms with Gasteiger partial charge in [0.2, 0.25) is 0 Å². The monoisotopic (exact) mass is 295 g/mol. The van der Waals surface area contributed by atoms with Crippen LogP contribution in [-0.4, -0.2) is 28.5 Å². The lowest BCUT2D eigenvalue weighted by atomic mass is 10.0. The van der Waals surface area contributed by atoms with Crippen molar-refractivity contribution in [3.05, 3.63) is 66.2 Å². The van der Waals surface area contributed by atoms with Crippen molar-refractivity contribution in [2.45, 2.75) is 19.5 Å². The molecule has 0 amide bonds. The van der Waals surface area contributed by atoms with Gasteiger partial charge in [0.05, 0.1) is 12.3 Å². The maximum Gasteiger partial charge on any atom is 0.176 e. The van der Waals surface area contributed by atoms with Gasteiger partial charge in [-0.25, -0.2) is 4.98 Å². The molecule has 0 unspecified atom stereocenters. The second-order valence-electron chi connectivity index (χ2n) is 5.77.